The van der Waals surface area contributed by atoms with Crippen molar-refractivity contribution in [1.82, 2.24) is 0 Å². The van der Waals surface area contributed by atoms with E-state index in [1.54, 1.807) is 0 Å². The van der Waals surface area contributed by atoms with Gasteiger partial charge in [-0.1, -0.05) is 0 Å². The van der Waals surface area contributed by atoms with Crippen molar-refractivity contribution >= 4 is 0 Å². The van der Waals surface area contributed by atoms with Crippen LogP contribution in [0.3, 0.4) is 0 Å². The van der Waals surface area contributed by atoms with Gasteiger partial charge in [-0.3, -0.25) is 0 Å². The van der Waals surface area contributed by atoms with Crippen LogP contribution >= 0.6 is 0 Å². The minimum Gasteiger partial charge on any atom is -0.373 e. The first-order chi connectivity index (χ1) is 5.34. The van der Waals surface area contributed by atoms with E-state index in [-0.39, 0.29) is 0 Å². The second kappa shape index (κ2) is 2.62. The molecule has 0 saturated carbocycles. The molecule has 0 radical (unpaired) electrons. The quantitative estimate of drug-likeness (QED) is 0.442. The first-order valence-corrected chi connectivity index (χ1v) is 3.90. The third-order valence-corrected chi connectivity index (χ3v) is 1.87. The fraction of sp³-hybridized carbons (Fsp3) is 0.444. The van der Waals surface area contributed by atoms with Crippen LogP contribution in [0, 0.1) is 0 Å². The minimum atomic E-state index is 0.498. The summed E-state index contributed by atoms with van der Waals surface area (Å²) in [4.78, 5) is 0. The molecule has 1 aromatic heterocycles. The number of rotatable bonds is 2. The summed E-state index contributed by atoms with van der Waals surface area (Å²) in [6.07, 6.45) is 5.74. The van der Waals surface area contributed by atoms with E-state index in [1.807, 2.05) is 13.2 Å². The van der Waals surface area contributed by atoms with Crippen LogP contribution < -0.4 is 4.57 Å². The Hall–Kier alpha value is -0.890. The second-order valence-electron chi connectivity index (χ2n) is 3.04. The molecule has 0 N–H and O–H groups in total. The molecule has 1 fully saturated rings. The van der Waals surface area contributed by atoms with E-state index < -0.39 is 0 Å². The zero-order chi connectivity index (χ0) is 7.68. The van der Waals surface area contributed by atoms with Gasteiger partial charge in [-0.25, -0.2) is 4.57 Å². The maximum atomic E-state index is 5.14. The molecular formula is C9H12NO+. The lowest BCUT2D eigenvalue weighted by Gasteiger charge is -1.93. The fourth-order valence-electron chi connectivity index (χ4n) is 1.22. The lowest BCUT2D eigenvalue weighted by molar-refractivity contribution is -0.671. The third kappa shape index (κ3) is 1.77. The number of hydrogen-bond donors (Lipinski definition) is 0. The van der Waals surface area contributed by atoms with Crippen LogP contribution in [0.25, 0.3) is 0 Å². The Morgan fingerprint density at radius 1 is 1.73 bits per heavy atom. The maximum Gasteiger partial charge on any atom is 0.171 e. The number of aromatic nitrogens is 1. The van der Waals surface area contributed by atoms with Gasteiger partial charge in [-0.15, -0.1) is 0 Å². The molecule has 1 saturated heterocycles. The van der Waals surface area contributed by atoms with Crippen LogP contribution in [0.1, 0.15) is 5.56 Å². The Labute approximate surface area is 66.4 Å². The molecule has 2 nitrogen and oxygen atoms in total. The Balaban J connectivity index is 2.10. The Bertz CT molecular complexity index is 255. The first-order valence-electron chi connectivity index (χ1n) is 3.90. The summed E-state index contributed by atoms with van der Waals surface area (Å²) in [6, 6.07) is 4.21. The zero-order valence-corrected chi connectivity index (χ0v) is 6.66. The fourth-order valence-corrected chi connectivity index (χ4v) is 1.22. The van der Waals surface area contributed by atoms with Crippen LogP contribution in [0.5, 0.6) is 0 Å². The normalized spacial score (nSPS) is 21.7. The third-order valence-electron chi connectivity index (χ3n) is 1.87. The average Bonchev–Trinajstić information content (AvgIpc) is 2.71. The molecule has 1 aromatic rings. The van der Waals surface area contributed by atoms with Crippen molar-refractivity contribution in [3.63, 3.8) is 0 Å². The number of aryl methyl sites for hydroxylation is 1. The summed E-state index contributed by atoms with van der Waals surface area (Å²) in [5.74, 6) is 0. The van der Waals surface area contributed by atoms with E-state index in [1.165, 1.54) is 5.56 Å². The summed E-state index contributed by atoms with van der Waals surface area (Å²) in [6.45, 7) is 0.943. The monoisotopic (exact) mass is 150 g/mol. The van der Waals surface area contributed by atoms with Crippen molar-refractivity contribution in [2.45, 2.75) is 12.5 Å². The molecule has 58 valence electrons. The van der Waals surface area contributed by atoms with Crippen molar-refractivity contribution in [2.24, 2.45) is 7.05 Å². The van der Waals surface area contributed by atoms with Crippen molar-refractivity contribution in [1.29, 1.82) is 0 Å². The van der Waals surface area contributed by atoms with E-state index in [9.17, 15) is 0 Å². The predicted molar refractivity (Wildman–Crippen MR) is 41.1 cm³/mol. The zero-order valence-electron chi connectivity index (χ0n) is 6.66. The summed E-state index contributed by atoms with van der Waals surface area (Å²) < 4.78 is 7.21. The highest BCUT2D eigenvalue weighted by atomic mass is 16.6. The van der Waals surface area contributed by atoms with Gasteiger partial charge in [0.2, 0.25) is 0 Å². The van der Waals surface area contributed by atoms with Crippen molar-refractivity contribution in [3.05, 3.63) is 30.1 Å². The molecule has 2 rings (SSSR count). The van der Waals surface area contributed by atoms with E-state index in [2.05, 4.69) is 22.9 Å². The standard InChI is InChI=1S/C9H12NO/c1-10-4-2-3-8(6-10)5-9-7-11-9/h2-4,6,9H,5,7H2,1H3/q+1. The molecule has 0 bridgehead atoms. The lowest BCUT2D eigenvalue weighted by Crippen LogP contribution is -2.27. The summed E-state index contributed by atoms with van der Waals surface area (Å²) in [5, 5.41) is 0. The smallest absolute Gasteiger partial charge is 0.171 e. The number of nitrogens with zero attached hydrogens (tertiary/aromatic N) is 1. The van der Waals surface area contributed by atoms with Crippen LogP contribution in [0.4, 0.5) is 0 Å². The summed E-state index contributed by atoms with van der Waals surface area (Å²) in [7, 11) is 2.04. The van der Waals surface area contributed by atoms with E-state index in [4.69, 9.17) is 4.74 Å². The molecule has 2 heterocycles. The van der Waals surface area contributed by atoms with Gasteiger partial charge in [0.25, 0.3) is 0 Å². The van der Waals surface area contributed by atoms with Crippen LogP contribution in [-0.2, 0) is 18.2 Å². The SMILES string of the molecule is C[n+]1cccc(CC2CO2)c1. The molecule has 1 aliphatic rings. The van der Waals surface area contributed by atoms with Crippen LogP contribution in [0.2, 0.25) is 0 Å². The van der Waals surface area contributed by atoms with Gasteiger partial charge in [-0.05, 0) is 6.07 Å². The molecule has 0 aromatic carbocycles. The van der Waals surface area contributed by atoms with Gasteiger partial charge >= 0.3 is 0 Å². The maximum absolute atomic E-state index is 5.14. The van der Waals surface area contributed by atoms with Gasteiger partial charge in [0.15, 0.2) is 12.4 Å². The molecule has 0 aliphatic carbocycles. The van der Waals surface area contributed by atoms with Crippen molar-refractivity contribution in [3.8, 4) is 0 Å². The molecule has 2 heteroatoms. The van der Waals surface area contributed by atoms with Crippen LogP contribution in [-0.4, -0.2) is 12.7 Å². The lowest BCUT2D eigenvalue weighted by atomic mass is 10.2. The molecule has 11 heavy (non-hydrogen) atoms. The highest BCUT2D eigenvalue weighted by molar-refractivity contribution is 5.07. The van der Waals surface area contributed by atoms with Gasteiger partial charge in [0.05, 0.1) is 12.7 Å². The second-order valence-corrected chi connectivity index (χ2v) is 3.04. The molecule has 0 amide bonds. The van der Waals surface area contributed by atoms with E-state index in [0.717, 1.165) is 13.0 Å². The van der Waals surface area contributed by atoms with Crippen molar-refractivity contribution < 1.29 is 9.30 Å². The van der Waals surface area contributed by atoms with Gasteiger partial charge < -0.3 is 4.74 Å². The summed E-state index contributed by atoms with van der Waals surface area (Å²) in [5.41, 5.74) is 1.36. The number of hydrogen-bond acceptors (Lipinski definition) is 1. The van der Waals surface area contributed by atoms with Gasteiger partial charge in [0.1, 0.15) is 7.05 Å². The Morgan fingerprint density at radius 2 is 2.55 bits per heavy atom. The van der Waals surface area contributed by atoms with E-state index in [0.29, 0.717) is 6.10 Å². The van der Waals surface area contributed by atoms with Crippen molar-refractivity contribution in [2.75, 3.05) is 6.61 Å². The van der Waals surface area contributed by atoms with Gasteiger partial charge in [-0.2, -0.15) is 0 Å². The molecule has 1 unspecified atom stereocenters. The predicted octanol–water partition coefficient (Wildman–Crippen LogP) is 0.452. The topological polar surface area (TPSA) is 16.4 Å². The Morgan fingerprint density at radius 3 is 3.18 bits per heavy atom. The molecule has 0 spiro atoms. The molecule has 1 atom stereocenters. The largest absolute Gasteiger partial charge is 0.373 e. The highest BCUT2D eigenvalue weighted by Crippen LogP contribution is 2.14. The highest BCUT2D eigenvalue weighted by Gasteiger charge is 2.23. The Kier molecular flexibility index (Phi) is 1.62. The molecular weight excluding hydrogens is 138 g/mol. The summed E-state index contributed by atoms with van der Waals surface area (Å²) >= 11 is 0. The first kappa shape index (κ1) is 6.80. The van der Waals surface area contributed by atoms with Gasteiger partial charge in [0, 0.05) is 18.1 Å². The number of pyridine rings is 1. The average molecular weight is 150 g/mol. The molecule has 1 aliphatic heterocycles. The van der Waals surface area contributed by atoms with Crippen LogP contribution in [0.15, 0.2) is 24.5 Å². The number of epoxide rings is 1. The number of ether oxygens (including phenoxy) is 1. The van der Waals surface area contributed by atoms with E-state index >= 15 is 0 Å². The minimum absolute atomic E-state index is 0.498.